The molecule has 0 unspecified atom stereocenters. The first kappa shape index (κ1) is 26.4. The van der Waals surface area contributed by atoms with E-state index in [9.17, 15) is 27.2 Å². The zero-order valence-electron chi connectivity index (χ0n) is 17.7. The number of amides is 3. The smallest absolute Gasteiger partial charge is 0.383 e. The molecule has 0 atom stereocenters. The van der Waals surface area contributed by atoms with Crippen molar-refractivity contribution in [2.24, 2.45) is 16.1 Å². The summed E-state index contributed by atoms with van der Waals surface area (Å²) in [7, 11) is 0. The van der Waals surface area contributed by atoms with Crippen LogP contribution in [0.15, 0.2) is 35.3 Å². The Morgan fingerprint density at radius 2 is 1.67 bits per heavy atom. The van der Waals surface area contributed by atoms with Gasteiger partial charge >= 0.3 is 12.2 Å². The molecule has 0 fully saturated rings. The van der Waals surface area contributed by atoms with Crippen LogP contribution in [0.5, 0.6) is 0 Å². The van der Waals surface area contributed by atoms with Gasteiger partial charge in [0.25, 0.3) is 0 Å². The minimum Gasteiger partial charge on any atom is -0.383 e. The van der Waals surface area contributed by atoms with Crippen molar-refractivity contribution in [2.75, 3.05) is 5.32 Å². The highest BCUT2D eigenvalue weighted by Gasteiger charge is 2.33. The number of alkyl halides is 3. The lowest BCUT2D eigenvalue weighted by Crippen LogP contribution is -2.34. The van der Waals surface area contributed by atoms with Crippen molar-refractivity contribution in [3.63, 3.8) is 0 Å². The van der Waals surface area contributed by atoms with E-state index in [0.717, 1.165) is 12.1 Å². The molecule has 2 aromatic rings. The number of carbonyl (C=O) groups is 2. The van der Waals surface area contributed by atoms with E-state index >= 15 is 0 Å². The zero-order chi connectivity index (χ0) is 25.1. The van der Waals surface area contributed by atoms with Gasteiger partial charge in [-0.2, -0.15) is 18.2 Å². The lowest BCUT2D eigenvalue weighted by Gasteiger charge is -2.18. The number of rotatable bonds is 4. The summed E-state index contributed by atoms with van der Waals surface area (Å²) in [5, 5.41) is 3.98. The van der Waals surface area contributed by atoms with Gasteiger partial charge in [-0.05, 0) is 24.3 Å². The van der Waals surface area contributed by atoms with Crippen LogP contribution in [0.1, 0.15) is 37.5 Å². The second kappa shape index (κ2) is 9.96. The molecule has 0 bridgehead atoms. The molecule has 0 saturated heterocycles. The highest BCUT2D eigenvalue weighted by atomic mass is 35.5. The normalized spacial score (nSPS) is 12.5. The largest absolute Gasteiger partial charge is 0.417 e. The Kier molecular flexibility index (Phi) is 7.97. The van der Waals surface area contributed by atoms with E-state index in [2.05, 4.69) is 15.6 Å². The van der Waals surface area contributed by atoms with E-state index in [1.54, 1.807) is 20.8 Å². The monoisotopic (exact) mass is 506 g/mol. The molecule has 2 rings (SSSR count). The average molecular weight is 507 g/mol. The van der Waals surface area contributed by atoms with Gasteiger partial charge in [-0.1, -0.05) is 50.0 Å². The molecule has 0 saturated carbocycles. The Bertz CT molecular complexity index is 1110. The first-order valence-corrected chi connectivity index (χ1v) is 10.1. The molecule has 33 heavy (non-hydrogen) atoms. The average Bonchev–Trinajstić information content (AvgIpc) is 2.67. The third-order valence-corrected chi connectivity index (χ3v) is 4.94. The molecule has 0 spiro atoms. The van der Waals surface area contributed by atoms with Crippen molar-refractivity contribution in [3.8, 4) is 0 Å². The van der Waals surface area contributed by atoms with Crippen molar-refractivity contribution in [1.82, 2.24) is 5.32 Å². The Balaban J connectivity index is 2.26. The molecule has 0 aromatic heterocycles. The minimum absolute atomic E-state index is 0.0399. The minimum atomic E-state index is -4.74. The van der Waals surface area contributed by atoms with Crippen molar-refractivity contribution in [1.29, 1.82) is 0 Å². The van der Waals surface area contributed by atoms with E-state index in [-0.39, 0.29) is 34.3 Å². The van der Waals surface area contributed by atoms with Crippen LogP contribution in [0.4, 0.5) is 28.0 Å². The van der Waals surface area contributed by atoms with Crippen molar-refractivity contribution in [2.45, 2.75) is 33.5 Å². The molecule has 0 aliphatic carbocycles. The van der Waals surface area contributed by atoms with E-state index < -0.39 is 39.9 Å². The topological polar surface area (TPSA) is 96.6 Å². The first-order chi connectivity index (χ1) is 15.1. The van der Waals surface area contributed by atoms with Crippen LogP contribution in [0.2, 0.25) is 10.0 Å². The van der Waals surface area contributed by atoms with Crippen molar-refractivity contribution >= 4 is 46.7 Å². The summed E-state index contributed by atoms with van der Waals surface area (Å²) in [5.41, 5.74) is 3.29. The fourth-order valence-corrected chi connectivity index (χ4v) is 3.01. The molecule has 0 heterocycles. The molecule has 2 aromatic carbocycles. The molecule has 6 nitrogen and oxygen atoms in total. The molecular formula is C21H20Cl2F4N4O2. The Morgan fingerprint density at radius 3 is 2.24 bits per heavy atom. The molecule has 178 valence electrons. The predicted octanol–water partition coefficient (Wildman–Crippen LogP) is 5.75. The summed E-state index contributed by atoms with van der Waals surface area (Å²) in [5.74, 6) is -1.83. The molecule has 0 radical (unpaired) electrons. The highest BCUT2D eigenvalue weighted by Crippen LogP contribution is 2.36. The highest BCUT2D eigenvalue weighted by molar-refractivity contribution is 6.34. The van der Waals surface area contributed by atoms with E-state index in [1.165, 1.54) is 12.1 Å². The molecule has 0 aliphatic heterocycles. The van der Waals surface area contributed by atoms with Crippen LogP contribution in [-0.2, 0) is 17.5 Å². The second-order valence-corrected chi connectivity index (χ2v) is 8.76. The zero-order valence-corrected chi connectivity index (χ0v) is 19.2. The van der Waals surface area contributed by atoms with Gasteiger partial charge in [0.2, 0.25) is 5.91 Å². The van der Waals surface area contributed by atoms with Crippen LogP contribution in [0.3, 0.4) is 0 Å². The van der Waals surface area contributed by atoms with Crippen molar-refractivity contribution in [3.05, 3.63) is 62.9 Å². The van der Waals surface area contributed by atoms with Gasteiger partial charge in [-0.15, -0.1) is 0 Å². The Hall–Kier alpha value is -2.85. The number of hydrogen-bond donors (Lipinski definition) is 3. The molecule has 4 N–H and O–H groups in total. The number of benzene rings is 2. The number of amidine groups is 1. The quantitative estimate of drug-likeness (QED) is 0.279. The van der Waals surface area contributed by atoms with E-state index in [1.807, 2.05) is 0 Å². The maximum absolute atomic E-state index is 15.0. The fourth-order valence-electron chi connectivity index (χ4n) is 2.54. The van der Waals surface area contributed by atoms with Crippen LogP contribution in [-0.4, -0.2) is 17.8 Å². The fraction of sp³-hybridized carbons (Fsp3) is 0.286. The van der Waals surface area contributed by atoms with Crippen LogP contribution in [0.25, 0.3) is 0 Å². The van der Waals surface area contributed by atoms with Crippen LogP contribution < -0.4 is 16.4 Å². The number of halogens is 6. The van der Waals surface area contributed by atoms with Gasteiger partial charge in [-0.25, -0.2) is 9.18 Å². The maximum Gasteiger partial charge on any atom is 0.417 e. The summed E-state index contributed by atoms with van der Waals surface area (Å²) in [6.45, 7) is 4.89. The van der Waals surface area contributed by atoms with Gasteiger partial charge in [0.05, 0.1) is 21.2 Å². The third kappa shape index (κ3) is 6.82. The lowest BCUT2D eigenvalue weighted by atomic mass is 9.95. The number of nitrogens with zero attached hydrogens (tertiary/aromatic N) is 1. The van der Waals surface area contributed by atoms with Crippen LogP contribution in [0, 0.1) is 11.2 Å². The molecule has 0 aliphatic rings. The third-order valence-electron chi connectivity index (χ3n) is 4.29. The summed E-state index contributed by atoms with van der Waals surface area (Å²) >= 11 is 11.5. The van der Waals surface area contributed by atoms with E-state index in [4.69, 9.17) is 28.9 Å². The maximum atomic E-state index is 15.0. The van der Waals surface area contributed by atoms with Gasteiger partial charge < -0.3 is 16.4 Å². The summed E-state index contributed by atoms with van der Waals surface area (Å²) in [6.07, 6.45) is -4.74. The number of nitrogens with one attached hydrogen (secondary N) is 2. The summed E-state index contributed by atoms with van der Waals surface area (Å²) in [4.78, 5) is 27.7. The molecule has 3 amide bonds. The van der Waals surface area contributed by atoms with Gasteiger partial charge in [0, 0.05) is 23.2 Å². The predicted molar refractivity (Wildman–Crippen MR) is 119 cm³/mol. The number of anilines is 1. The summed E-state index contributed by atoms with van der Waals surface area (Å²) < 4.78 is 53.9. The molecular weight excluding hydrogens is 487 g/mol. The van der Waals surface area contributed by atoms with Gasteiger partial charge in [0.1, 0.15) is 11.7 Å². The number of nitrogens with two attached hydrogens (primary N) is 1. The van der Waals surface area contributed by atoms with Crippen LogP contribution >= 0.6 is 23.2 Å². The molecule has 12 heteroatoms. The number of hydrogen-bond acceptors (Lipinski definition) is 2. The Morgan fingerprint density at radius 1 is 1.06 bits per heavy atom. The lowest BCUT2D eigenvalue weighted by molar-refractivity contribution is -0.137. The van der Waals surface area contributed by atoms with E-state index in [0.29, 0.717) is 6.07 Å². The van der Waals surface area contributed by atoms with Gasteiger partial charge in [0.15, 0.2) is 0 Å². The standard InChI is InChI=1S/C21H20Cl2F4N4O2/c1-20(2,3)18(32)29-9-10-4-6-14(23)15(16(10)24)17(28)31-19(33)30-11-5-7-13(22)12(8-11)21(25,26)27/h4-8H,9H2,1-3H3,(H,29,32)(H3,28,30,31,33). The number of carbonyl (C=O) groups excluding carboxylic acids is 2. The van der Waals surface area contributed by atoms with Crippen molar-refractivity contribution < 1.29 is 27.2 Å². The number of aliphatic imine (C=N–C) groups is 1. The number of urea groups is 1. The Labute approximate surface area is 197 Å². The summed E-state index contributed by atoms with van der Waals surface area (Å²) in [6, 6.07) is 4.20. The van der Waals surface area contributed by atoms with Gasteiger partial charge in [-0.3, -0.25) is 4.79 Å². The SMILES string of the molecule is CC(C)(C)C(=O)NCc1ccc(Cl)c(/C(N)=N/C(=O)Nc2ccc(Cl)c(C(F)(F)F)c2)c1F. The second-order valence-electron chi connectivity index (χ2n) is 7.95. The first-order valence-electron chi connectivity index (χ1n) is 9.38.